The number of rotatable bonds is 7. The molecule has 0 aliphatic heterocycles. The van der Waals surface area contributed by atoms with Gasteiger partial charge in [0.25, 0.3) is 0 Å². The van der Waals surface area contributed by atoms with E-state index in [-0.39, 0.29) is 18.1 Å². The van der Waals surface area contributed by atoms with Gasteiger partial charge in [-0.1, -0.05) is 24.3 Å². The first-order valence-electron chi connectivity index (χ1n) is 5.69. The van der Waals surface area contributed by atoms with Gasteiger partial charge in [0, 0.05) is 6.54 Å². The summed E-state index contributed by atoms with van der Waals surface area (Å²) in [6, 6.07) is 7.16. The normalized spacial score (nSPS) is 12.5. The van der Waals surface area contributed by atoms with Gasteiger partial charge in [-0.05, 0) is 25.1 Å². The smallest absolute Gasteiger partial charge is 0.215 e. The Morgan fingerprint density at radius 3 is 2.26 bits per heavy atom. The van der Waals surface area contributed by atoms with Crippen LogP contribution < -0.4 is 9.44 Å². The molecule has 0 saturated carbocycles. The first-order valence-corrected chi connectivity index (χ1v) is 8.99. The van der Waals surface area contributed by atoms with E-state index in [1.54, 1.807) is 12.1 Å². The summed E-state index contributed by atoms with van der Waals surface area (Å²) in [6.07, 6.45) is 0. The zero-order valence-electron chi connectivity index (χ0n) is 10.9. The summed E-state index contributed by atoms with van der Waals surface area (Å²) in [5.41, 5.74) is 1.59. The first-order chi connectivity index (χ1) is 8.76. The molecule has 19 heavy (non-hydrogen) atoms. The molecule has 6 nitrogen and oxygen atoms in total. The lowest BCUT2D eigenvalue weighted by molar-refractivity contribution is 0.578. The summed E-state index contributed by atoms with van der Waals surface area (Å²) < 4.78 is 50.3. The molecular weight excluding hydrogens is 288 g/mol. The maximum Gasteiger partial charge on any atom is 0.215 e. The van der Waals surface area contributed by atoms with Crippen LogP contribution in [0.15, 0.2) is 24.3 Å². The molecular formula is C11H18N2O4S2. The number of nitrogens with one attached hydrogen (secondary N) is 2. The van der Waals surface area contributed by atoms with Crippen LogP contribution in [0.5, 0.6) is 0 Å². The second-order valence-corrected chi connectivity index (χ2v) is 7.96. The summed E-state index contributed by atoms with van der Waals surface area (Å²) in [5.74, 6) is -0.435. The maximum atomic E-state index is 11.8. The third kappa shape index (κ3) is 5.68. The van der Waals surface area contributed by atoms with Gasteiger partial charge in [-0.3, -0.25) is 0 Å². The van der Waals surface area contributed by atoms with Crippen molar-refractivity contribution in [2.24, 2.45) is 0 Å². The lowest BCUT2D eigenvalue weighted by Crippen LogP contribution is -2.33. The van der Waals surface area contributed by atoms with Crippen molar-refractivity contribution in [3.63, 3.8) is 0 Å². The minimum absolute atomic E-state index is 0.141. The van der Waals surface area contributed by atoms with Crippen molar-refractivity contribution in [3.05, 3.63) is 35.4 Å². The Kier molecular flexibility index (Phi) is 5.48. The van der Waals surface area contributed by atoms with Gasteiger partial charge in [-0.25, -0.2) is 26.3 Å². The van der Waals surface area contributed by atoms with E-state index in [9.17, 15) is 16.8 Å². The van der Waals surface area contributed by atoms with Crippen molar-refractivity contribution in [2.45, 2.75) is 12.7 Å². The molecule has 0 atom stereocenters. The van der Waals surface area contributed by atoms with Gasteiger partial charge in [0.1, 0.15) is 0 Å². The molecule has 1 aromatic rings. The molecule has 0 heterocycles. The lowest BCUT2D eigenvalue weighted by atomic mass is 10.1. The van der Waals surface area contributed by atoms with Gasteiger partial charge in [0.2, 0.25) is 20.0 Å². The minimum atomic E-state index is -3.53. The van der Waals surface area contributed by atoms with E-state index in [1.165, 1.54) is 7.05 Å². The van der Waals surface area contributed by atoms with Gasteiger partial charge >= 0.3 is 0 Å². The Morgan fingerprint density at radius 2 is 1.68 bits per heavy atom. The number of hydrogen-bond donors (Lipinski definition) is 2. The molecule has 0 aliphatic carbocycles. The van der Waals surface area contributed by atoms with E-state index in [1.807, 2.05) is 19.1 Å². The fourth-order valence-electron chi connectivity index (χ4n) is 1.46. The standard InChI is InChI=1S/C11H18N2O4S2/c1-10-5-3-4-6-11(10)9-19(16,17)13-7-8-18(14,15)12-2/h3-6,12-13H,7-9H2,1-2H3. The van der Waals surface area contributed by atoms with E-state index >= 15 is 0 Å². The molecule has 108 valence electrons. The van der Waals surface area contributed by atoms with E-state index in [0.29, 0.717) is 5.56 Å². The molecule has 0 saturated heterocycles. The number of aryl methyl sites for hydroxylation is 1. The molecule has 1 rings (SSSR count). The molecule has 2 N–H and O–H groups in total. The molecule has 0 aliphatic rings. The van der Waals surface area contributed by atoms with Gasteiger partial charge in [0.15, 0.2) is 0 Å². The predicted molar refractivity (Wildman–Crippen MR) is 74.7 cm³/mol. The Balaban J connectivity index is 2.61. The minimum Gasteiger partial charge on any atom is -0.218 e. The van der Waals surface area contributed by atoms with Crippen molar-refractivity contribution in [1.29, 1.82) is 0 Å². The molecule has 0 aromatic heterocycles. The van der Waals surface area contributed by atoms with Crippen LogP contribution in [-0.4, -0.2) is 36.2 Å². The number of benzene rings is 1. The Morgan fingerprint density at radius 1 is 1.05 bits per heavy atom. The monoisotopic (exact) mass is 306 g/mol. The Bertz CT molecular complexity index is 624. The molecule has 1 aromatic carbocycles. The largest absolute Gasteiger partial charge is 0.218 e. The topological polar surface area (TPSA) is 92.3 Å². The molecule has 0 fully saturated rings. The quantitative estimate of drug-likeness (QED) is 0.739. The van der Waals surface area contributed by atoms with E-state index in [4.69, 9.17) is 0 Å². The summed E-state index contributed by atoms with van der Waals surface area (Å²) >= 11 is 0. The van der Waals surface area contributed by atoms with Gasteiger partial charge in [-0.2, -0.15) is 0 Å². The van der Waals surface area contributed by atoms with Gasteiger partial charge in [0.05, 0.1) is 11.5 Å². The first kappa shape index (κ1) is 16.1. The van der Waals surface area contributed by atoms with Crippen LogP contribution in [-0.2, 0) is 25.8 Å². The molecule has 0 spiro atoms. The average Bonchev–Trinajstić information content (AvgIpc) is 2.31. The fourth-order valence-corrected chi connectivity index (χ4v) is 3.41. The summed E-state index contributed by atoms with van der Waals surface area (Å²) in [4.78, 5) is 0. The molecule has 0 bridgehead atoms. The maximum absolute atomic E-state index is 11.8. The average molecular weight is 306 g/mol. The highest BCUT2D eigenvalue weighted by molar-refractivity contribution is 7.90. The molecule has 0 amide bonds. The van der Waals surface area contributed by atoms with Crippen LogP contribution in [0.25, 0.3) is 0 Å². The zero-order valence-corrected chi connectivity index (χ0v) is 12.5. The zero-order chi connectivity index (χ0) is 14.5. The third-order valence-corrected chi connectivity index (χ3v) is 5.31. The highest BCUT2D eigenvalue weighted by Gasteiger charge is 2.14. The van der Waals surface area contributed by atoms with Gasteiger partial charge < -0.3 is 0 Å². The highest BCUT2D eigenvalue weighted by atomic mass is 32.2. The summed E-state index contributed by atoms with van der Waals surface area (Å²) in [6.45, 7) is 1.69. The third-order valence-electron chi connectivity index (χ3n) is 2.61. The Labute approximate surface area is 114 Å². The molecule has 0 radical (unpaired) electrons. The van der Waals surface area contributed by atoms with Crippen LogP contribution in [0, 0.1) is 6.92 Å². The van der Waals surface area contributed by atoms with Crippen LogP contribution in [0.3, 0.4) is 0 Å². The number of hydrogen-bond acceptors (Lipinski definition) is 4. The molecule has 8 heteroatoms. The summed E-state index contributed by atoms with van der Waals surface area (Å²) in [5, 5.41) is 0. The lowest BCUT2D eigenvalue weighted by Gasteiger charge is -2.08. The highest BCUT2D eigenvalue weighted by Crippen LogP contribution is 2.10. The van der Waals surface area contributed by atoms with E-state index in [0.717, 1.165) is 5.56 Å². The van der Waals surface area contributed by atoms with E-state index in [2.05, 4.69) is 9.44 Å². The summed E-state index contributed by atoms with van der Waals surface area (Å²) in [7, 11) is -5.64. The van der Waals surface area contributed by atoms with Crippen molar-refractivity contribution >= 4 is 20.0 Å². The second kappa shape index (κ2) is 6.47. The predicted octanol–water partition coefficient (Wildman–Crippen LogP) is -0.0364. The van der Waals surface area contributed by atoms with Crippen LogP contribution in [0.1, 0.15) is 11.1 Å². The fraction of sp³-hybridized carbons (Fsp3) is 0.455. The van der Waals surface area contributed by atoms with Crippen molar-refractivity contribution < 1.29 is 16.8 Å². The Hall–Kier alpha value is -0.960. The van der Waals surface area contributed by atoms with Crippen LogP contribution in [0.2, 0.25) is 0 Å². The second-order valence-electron chi connectivity index (χ2n) is 4.10. The van der Waals surface area contributed by atoms with E-state index < -0.39 is 20.0 Å². The van der Waals surface area contributed by atoms with Gasteiger partial charge in [-0.15, -0.1) is 0 Å². The van der Waals surface area contributed by atoms with Crippen molar-refractivity contribution in [2.75, 3.05) is 19.3 Å². The van der Waals surface area contributed by atoms with Crippen molar-refractivity contribution in [3.8, 4) is 0 Å². The van der Waals surface area contributed by atoms with Crippen molar-refractivity contribution in [1.82, 2.24) is 9.44 Å². The molecule has 0 unspecified atom stereocenters. The van der Waals surface area contributed by atoms with Crippen LogP contribution >= 0.6 is 0 Å². The number of sulfonamides is 2. The van der Waals surface area contributed by atoms with Crippen LogP contribution in [0.4, 0.5) is 0 Å². The SMILES string of the molecule is CNS(=O)(=O)CCNS(=O)(=O)Cc1ccccc1C.